The summed E-state index contributed by atoms with van der Waals surface area (Å²) in [4.78, 5) is 18.1. The molecule has 0 radical (unpaired) electrons. The maximum absolute atomic E-state index is 11.4. The maximum atomic E-state index is 11.4. The van der Waals surface area contributed by atoms with Gasteiger partial charge < -0.3 is 5.32 Å². The number of aromatic amines is 2. The summed E-state index contributed by atoms with van der Waals surface area (Å²) in [7, 11) is 0. The Morgan fingerprint density at radius 1 is 1.38 bits per heavy atom. The number of thioether (sulfide) groups is 1. The number of H-pyrrole nitrogens is 2. The molecule has 0 fully saturated rings. The lowest BCUT2D eigenvalue weighted by Gasteiger charge is -2.03. The Hall–Kier alpha value is -1.73. The number of thiazole rings is 1. The van der Waals surface area contributed by atoms with E-state index in [0.717, 1.165) is 29.4 Å². The molecule has 2 aromatic heterocycles. The molecule has 7 heteroatoms. The molecule has 3 aromatic rings. The third kappa shape index (κ3) is 3.48. The predicted molar refractivity (Wildman–Crippen MR) is 89.6 cm³/mol. The highest BCUT2D eigenvalue weighted by Crippen LogP contribution is 2.22. The standard InChI is InChI=1S/C14H16N4OS2/c1-9-8-16-14(21-9)15-5-2-6-20-10-3-4-11-12(7-10)17-18-13(11)19/h3-4,7-8H,2,5-6H2,1H3,(H,15,16)(H2,17,18,19). The SMILES string of the molecule is Cc1cnc(NCCCSc2ccc3c(=O)[nH][nH]c3c2)s1. The normalized spacial score (nSPS) is 11.1. The molecule has 0 spiro atoms. The van der Waals surface area contributed by atoms with Gasteiger partial charge in [-0.05, 0) is 37.3 Å². The van der Waals surface area contributed by atoms with Crippen LogP contribution in [-0.4, -0.2) is 27.5 Å². The Morgan fingerprint density at radius 2 is 2.29 bits per heavy atom. The number of hydrogen-bond donors (Lipinski definition) is 3. The molecule has 3 rings (SSSR count). The molecule has 0 aliphatic rings. The second-order valence-corrected chi connectivity index (χ2v) is 7.09. The molecule has 0 bridgehead atoms. The summed E-state index contributed by atoms with van der Waals surface area (Å²) < 4.78 is 0. The summed E-state index contributed by atoms with van der Waals surface area (Å²) in [5.74, 6) is 1.03. The summed E-state index contributed by atoms with van der Waals surface area (Å²) in [6.07, 6.45) is 2.94. The van der Waals surface area contributed by atoms with Crippen LogP contribution in [0.25, 0.3) is 10.9 Å². The van der Waals surface area contributed by atoms with E-state index >= 15 is 0 Å². The number of aryl methyl sites for hydroxylation is 1. The molecule has 5 nitrogen and oxygen atoms in total. The number of nitrogens with one attached hydrogen (secondary N) is 3. The minimum absolute atomic E-state index is 0.0653. The van der Waals surface area contributed by atoms with Gasteiger partial charge in [0.05, 0.1) is 10.9 Å². The molecule has 21 heavy (non-hydrogen) atoms. The largest absolute Gasteiger partial charge is 0.361 e. The first-order valence-electron chi connectivity index (χ1n) is 6.72. The number of rotatable bonds is 6. The molecule has 0 unspecified atom stereocenters. The monoisotopic (exact) mass is 320 g/mol. The van der Waals surface area contributed by atoms with Crippen LogP contribution in [-0.2, 0) is 0 Å². The molecule has 0 amide bonds. The summed E-state index contributed by atoms with van der Waals surface area (Å²) in [5.41, 5.74) is 0.797. The van der Waals surface area contributed by atoms with Crippen molar-refractivity contribution in [2.45, 2.75) is 18.2 Å². The Morgan fingerprint density at radius 3 is 3.10 bits per heavy atom. The first kappa shape index (κ1) is 14.2. The van der Waals surface area contributed by atoms with Crippen LogP contribution in [0.4, 0.5) is 5.13 Å². The lowest BCUT2D eigenvalue weighted by Crippen LogP contribution is -2.01. The van der Waals surface area contributed by atoms with Crippen molar-refractivity contribution in [1.82, 2.24) is 15.2 Å². The Bertz CT molecular complexity index is 789. The molecule has 0 saturated heterocycles. The fourth-order valence-electron chi connectivity index (χ4n) is 2.00. The van der Waals surface area contributed by atoms with Crippen molar-refractivity contribution in [3.63, 3.8) is 0 Å². The summed E-state index contributed by atoms with van der Waals surface area (Å²) >= 11 is 3.47. The van der Waals surface area contributed by atoms with Gasteiger partial charge in [-0.1, -0.05) is 0 Å². The number of anilines is 1. The van der Waals surface area contributed by atoms with E-state index in [4.69, 9.17) is 0 Å². The Labute approximate surface area is 130 Å². The maximum Gasteiger partial charge on any atom is 0.271 e. The predicted octanol–water partition coefficient (Wildman–Crippen LogP) is 3.22. The van der Waals surface area contributed by atoms with Gasteiger partial charge in [0.2, 0.25) is 0 Å². The first-order valence-corrected chi connectivity index (χ1v) is 8.52. The highest BCUT2D eigenvalue weighted by Gasteiger charge is 2.02. The number of hydrogen-bond acceptors (Lipinski definition) is 5. The van der Waals surface area contributed by atoms with E-state index in [9.17, 15) is 4.79 Å². The second-order valence-electron chi connectivity index (χ2n) is 4.69. The third-order valence-corrected chi connectivity index (χ3v) is 4.98. The van der Waals surface area contributed by atoms with Crippen LogP contribution in [0.1, 0.15) is 11.3 Å². The van der Waals surface area contributed by atoms with E-state index in [-0.39, 0.29) is 5.56 Å². The summed E-state index contributed by atoms with van der Waals surface area (Å²) in [6.45, 7) is 2.98. The van der Waals surface area contributed by atoms with Crippen LogP contribution in [0, 0.1) is 6.92 Å². The molecular formula is C14H16N4OS2. The highest BCUT2D eigenvalue weighted by molar-refractivity contribution is 7.99. The van der Waals surface area contributed by atoms with Crippen LogP contribution in [0.15, 0.2) is 34.1 Å². The van der Waals surface area contributed by atoms with Gasteiger partial charge >= 0.3 is 0 Å². The lowest BCUT2D eigenvalue weighted by atomic mass is 10.2. The zero-order valence-corrected chi connectivity index (χ0v) is 13.2. The second kappa shape index (κ2) is 6.36. The minimum Gasteiger partial charge on any atom is -0.361 e. The van der Waals surface area contributed by atoms with E-state index in [1.54, 1.807) is 23.1 Å². The first-order chi connectivity index (χ1) is 10.2. The van der Waals surface area contributed by atoms with Crippen molar-refractivity contribution >= 4 is 39.1 Å². The Balaban J connectivity index is 1.47. The lowest BCUT2D eigenvalue weighted by molar-refractivity contribution is 0.988. The van der Waals surface area contributed by atoms with Crippen molar-refractivity contribution in [2.75, 3.05) is 17.6 Å². The van der Waals surface area contributed by atoms with E-state index in [0.29, 0.717) is 5.39 Å². The number of aromatic nitrogens is 3. The number of nitrogens with zero attached hydrogens (tertiary/aromatic N) is 1. The van der Waals surface area contributed by atoms with Crippen LogP contribution in [0.3, 0.4) is 0 Å². The fraction of sp³-hybridized carbons (Fsp3) is 0.286. The molecule has 0 aliphatic heterocycles. The van der Waals surface area contributed by atoms with Crippen LogP contribution < -0.4 is 10.9 Å². The summed E-state index contributed by atoms with van der Waals surface area (Å²) in [6, 6.07) is 5.87. The summed E-state index contributed by atoms with van der Waals surface area (Å²) in [5, 5.41) is 10.5. The molecule has 0 aliphatic carbocycles. The molecule has 1 aromatic carbocycles. The Kier molecular flexibility index (Phi) is 4.31. The van der Waals surface area contributed by atoms with Gasteiger partial charge in [0.1, 0.15) is 0 Å². The zero-order valence-electron chi connectivity index (χ0n) is 11.6. The highest BCUT2D eigenvalue weighted by atomic mass is 32.2. The fourth-order valence-corrected chi connectivity index (χ4v) is 3.58. The van der Waals surface area contributed by atoms with Crippen molar-refractivity contribution in [1.29, 1.82) is 0 Å². The van der Waals surface area contributed by atoms with E-state index in [1.807, 2.05) is 24.4 Å². The zero-order chi connectivity index (χ0) is 14.7. The molecule has 110 valence electrons. The van der Waals surface area contributed by atoms with Gasteiger partial charge in [0.25, 0.3) is 5.56 Å². The quantitative estimate of drug-likeness (QED) is 0.481. The molecular weight excluding hydrogens is 304 g/mol. The molecule has 2 heterocycles. The van der Waals surface area contributed by atoms with E-state index in [2.05, 4.69) is 27.4 Å². The average molecular weight is 320 g/mol. The number of benzene rings is 1. The smallest absolute Gasteiger partial charge is 0.271 e. The third-order valence-electron chi connectivity index (χ3n) is 3.03. The van der Waals surface area contributed by atoms with Gasteiger partial charge in [-0.25, -0.2) is 4.98 Å². The van der Waals surface area contributed by atoms with Gasteiger partial charge in [-0.2, -0.15) is 0 Å². The van der Waals surface area contributed by atoms with Crippen LogP contribution >= 0.6 is 23.1 Å². The minimum atomic E-state index is -0.0653. The number of fused-ring (bicyclic) bond motifs is 1. The average Bonchev–Trinajstić information content (AvgIpc) is 3.05. The topological polar surface area (TPSA) is 73.6 Å². The van der Waals surface area contributed by atoms with Gasteiger partial charge in [-0.15, -0.1) is 23.1 Å². The van der Waals surface area contributed by atoms with Gasteiger partial charge in [0.15, 0.2) is 5.13 Å². The van der Waals surface area contributed by atoms with Gasteiger partial charge in [-0.3, -0.25) is 15.0 Å². The van der Waals surface area contributed by atoms with E-state index in [1.165, 1.54) is 9.77 Å². The van der Waals surface area contributed by atoms with Crippen molar-refractivity contribution in [3.8, 4) is 0 Å². The molecule has 0 saturated carbocycles. The molecule has 0 atom stereocenters. The van der Waals surface area contributed by atoms with Crippen molar-refractivity contribution in [3.05, 3.63) is 39.6 Å². The van der Waals surface area contributed by atoms with Gasteiger partial charge in [0, 0.05) is 22.5 Å². The van der Waals surface area contributed by atoms with Crippen LogP contribution in [0.2, 0.25) is 0 Å². The van der Waals surface area contributed by atoms with Crippen molar-refractivity contribution in [2.24, 2.45) is 0 Å². The van der Waals surface area contributed by atoms with Crippen molar-refractivity contribution < 1.29 is 0 Å². The molecule has 3 N–H and O–H groups in total. The van der Waals surface area contributed by atoms with Crippen LogP contribution in [0.5, 0.6) is 0 Å². The van der Waals surface area contributed by atoms with E-state index < -0.39 is 0 Å².